The van der Waals surface area contributed by atoms with E-state index >= 15 is 0 Å². The molecule has 1 aromatic rings. The zero-order valence-corrected chi connectivity index (χ0v) is 15.6. The van der Waals surface area contributed by atoms with Gasteiger partial charge in [0, 0.05) is 37.3 Å². The lowest BCUT2D eigenvalue weighted by atomic mass is 9.66. The van der Waals surface area contributed by atoms with Crippen molar-refractivity contribution in [3.63, 3.8) is 0 Å². The van der Waals surface area contributed by atoms with Gasteiger partial charge in [0.1, 0.15) is 0 Å². The summed E-state index contributed by atoms with van der Waals surface area (Å²) >= 11 is 0. The number of benzene rings is 1. The third-order valence-electron chi connectivity index (χ3n) is 6.31. The Morgan fingerprint density at radius 2 is 1.92 bits per heavy atom. The average molecular weight is 341 g/mol. The Morgan fingerprint density at radius 3 is 2.56 bits per heavy atom. The molecule has 1 aliphatic heterocycles. The van der Waals surface area contributed by atoms with E-state index in [9.17, 15) is 10.4 Å². The van der Waals surface area contributed by atoms with Crippen molar-refractivity contribution < 1.29 is 5.11 Å². The molecule has 3 rings (SSSR count). The van der Waals surface area contributed by atoms with Crippen molar-refractivity contribution in [3.05, 3.63) is 29.8 Å². The van der Waals surface area contributed by atoms with Crippen LogP contribution in [0.2, 0.25) is 0 Å². The predicted molar refractivity (Wildman–Crippen MR) is 101 cm³/mol. The molecule has 1 N–H and O–H groups in total. The number of nitrogens with zero attached hydrogens (tertiary/aromatic N) is 3. The molecule has 0 aromatic heterocycles. The highest BCUT2D eigenvalue weighted by atomic mass is 16.3. The van der Waals surface area contributed by atoms with E-state index in [4.69, 9.17) is 0 Å². The first kappa shape index (κ1) is 18.2. The molecule has 0 spiro atoms. The van der Waals surface area contributed by atoms with E-state index in [2.05, 4.69) is 54.0 Å². The summed E-state index contributed by atoms with van der Waals surface area (Å²) < 4.78 is 0. The summed E-state index contributed by atoms with van der Waals surface area (Å²) in [4.78, 5) is 4.62. The molecule has 25 heavy (non-hydrogen) atoms. The van der Waals surface area contributed by atoms with Gasteiger partial charge in [-0.1, -0.05) is 25.0 Å². The fourth-order valence-electron chi connectivity index (χ4n) is 4.92. The van der Waals surface area contributed by atoms with Gasteiger partial charge in [0.2, 0.25) is 0 Å². The van der Waals surface area contributed by atoms with Crippen LogP contribution in [-0.4, -0.2) is 41.8 Å². The van der Waals surface area contributed by atoms with Crippen LogP contribution in [0.5, 0.6) is 0 Å². The van der Waals surface area contributed by atoms with Crippen LogP contribution in [0.4, 0.5) is 5.69 Å². The second-order valence-electron chi connectivity index (χ2n) is 7.54. The van der Waals surface area contributed by atoms with E-state index in [1.54, 1.807) is 0 Å². The lowest BCUT2D eigenvalue weighted by Crippen LogP contribution is -2.54. The Bertz CT molecular complexity index is 605. The molecule has 0 unspecified atom stereocenters. The normalized spacial score (nSPS) is 29.7. The molecule has 1 saturated heterocycles. The van der Waals surface area contributed by atoms with Crippen molar-refractivity contribution in [2.24, 2.45) is 5.92 Å². The molecule has 1 saturated carbocycles. The molecule has 2 fully saturated rings. The van der Waals surface area contributed by atoms with Crippen LogP contribution in [-0.2, 0) is 0 Å². The summed E-state index contributed by atoms with van der Waals surface area (Å²) in [6, 6.07) is 11.3. The van der Waals surface area contributed by atoms with Crippen molar-refractivity contribution in [3.8, 4) is 6.07 Å². The van der Waals surface area contributed by atoms with Crippen molar-refractivity contribution in [1.82, 2.24) is 4.90 Å². The topological polar surface area (TPSA) is 50.5 Å². The summed E-state index contributed by atoms with van der Waals surface area (Å²) in [6.45, 7) is 7.60. The van der Waals surface area contributed by atoms with Gasteiger partial charge in [0.15, 0.2) is 0 Å². The van der Waals surface area contributed by atoms with Crippen LogP contribution in [0.3, 0.4) is 0 Å². The molecule has 4 nitrogen and oxygen atoms in total. The first-order valence-corrected chi connectivity index (χ1v) is 9.81. The largest absolute Gasteiger partial charge is 0.389 e. The summed E-state index contributed by atoms with van der Waals surface area (Å²) in [5, 5.41) is 20.5. The van der Waals surface area contributed by atoms with E-state index in [0.717, 1.165) is 45.3 Å². The van der Waals surface area contributed by atoms with Gasteiger partial charge in [-0.25, -0.2) is 0 Å². The first-order valence-electron chi connectivity index (χ1n) is 9.81. The van der Waals surface area contributed by atoms with Crippen LogP contribution in [0.15, 0.2) is 24.3 Å². The SMILES string of the molecule is CCN(CC)c1ccc([C@H]2[C@@H]3CCCC[C@]3(O)CCN2CC#N)cc1. The Balaban J connectivity index is 1.91. The van der Waals surface area contributed by atoms with E-state index in [0.29, 0.717) is 6.54 Å². The fourth-order valence-corrected chi connectivity index (χ4v) is 4.92. The Labute approximate surface area is 152 Å². The van der Waals surface area contributed by atoms with Crippen LogP contribution in [0.25, 0.3) is 0 Å². The van der Waals surface area contributed by atoms with Crippen LogP contribution >= 0.6 is 0 Å². The Hall–Kier alpha value is -1.57. The third-order valence-corrected chi connectivity index (χ3v) is 6.31. The molecule has 0 bridgehead atoms. The smallest absolute Gasteiger partial charge is 0.0871 e. The lowest BCUT2D eigenvalue weighted by molar-refractivity contribution is -0.121. The van der Waals surface area contributed by atoms with E-state index < -0.39 is 5.60 Å². The quantitative estimate of drug-likeness (QED) is 0.829. The molecule has 4 heteroatoms. The summed E-state index contributed by atoms with van der Waals surface area (Å²) in [7, 11) is 0. The fraction of sp³-hybridized carbons (Fsp3) is 0.667. The van der Waals surface area contributed by atoms with Crippen molar-refractivity contribution in [2.45, 2.75) is 57.6 Å². The van der Waals surface area contributed by atoms with Gasteiger partial charge in [0.05, 0.1) is 18.2 Å². The Morgan fingerprint density at radius 1 is 1.20 bits per heavy atom. The van der Waals surface area contributed by atoms with Gasteiger partial charge in [-0.3, -0.25) is 4.90 Å². The first-order chi connectivity index (χ1) is 12.1. The number of rotatable bonds is 5. The van der Waals surface area contributed by atoms with Gasteiger partial charge in [-0.15, -0.1) is 0 Å². The molecule has 0 amide bonds. The molecule has 1 aliphatic carbocycles. The average Bonchev–Trinajstić information content (AvgIpc) is 2.64. The van der Waals surface area contributed by atoms with Crippen LogP contribution in [0, 0.1) is 17.2 Å². The van der Waals surface area contributed by atoms with Crippen molar-refractivity contribution >= 4 is 5.69 Å². The standard InChI is InChI=1S/C21H31N3O/c1-3-23(4-2)18-10-8-17(9-11-18)20-19-7-5-6-12-21(19,25)13-15-24(20)16-14-22/h8-11,19-20,25H,3-7,12-13,15-16H2,1-2H3/t19-,20-,21-/m0/s1. The zero-order valence-electron chi connectivity index (χ0n) is 15.6. The molecule has 1 heterocycles. The van der Waals surface area contributed by atoms with Crippen LogP contribution < -0.4 is 4.90 Å². The predicted octanol–water partition coefficient (Wildman–Crippen LogP) is 3.72. The molecule has 1 aromatic carbocycles. The maximum absolute atomic E-state index is 11.2. The maximum atomic E-state index is 11.2. The van der Waals surface area contributed by atoms with Gasteiger partial charge in [-0.2, -0.15) is 5.26 Å². The number of piperidine rings is 1. The third kappa shape index (κ3) is 3.54. The number of aliphatic hydroxyl groups is 1. The minimum absolute atomic E-state index is 0.157. The number of fused-ring (bicyclic) bond motifs is 1. The van der Waals surface area contributed by atoms with E-state index in [-0.39, 0.29) is 12.0 Å². The summed E-state index contributed by atoms with van der Waals surface area (Å²) in [6.07, 6.45) is 5.07. The second-order valence-corrected chi connectivity index (χ2v) is 7.54. The van der Waals surface area contributed by atoms with Crippen LogP contribution in [0.1, 0.15) is 57.6 Å². The van der Waals surface area contributed by atoms with Crippen molar-refractivity contribution in [2.75, 3.05) is 31.1 Å². The number of anilines is 1. The summed E-state index contributed by atoms with van der Waals surface area (Å²) in [5.41, 5.74) is 1.94. The number of hydrogen-bond acceptors (Lipinski definition) is 4. The van der Waals surface area contributed by atoms with Gasteiger partial charge < -0.3 is 10.0 Å². The minimum atomic E-state index is -0.549. The monoisotopic (exact) mass is 341 g/mol. The number of nitriles is 1. The highest BCUT2D eigenvalue weighted by Gasteiger charge is 2.48. The van der Waals surface area contributed by atoms with Crippen molar-refractivity contribution in [1.29, 1.82) is 5.26 Å². The molecule has 136 valence electrons. The number of likely N-dealkylation sites (tertiary alicyclic amines) is 1. The molecule has 2 aliphatic rings. The van der Waals surface area contributed by atoms with Gasteiger partial charge >= 0.3 is 0 Å². The van der Waals surface area contributed by atoms with Gasteiger partial charge in [0.25, 0.3) is 0 Å². The lowest BCUT2D eigenvalue weighted by Gasteiger charge is -2.52. The second kappa shape index (κ2) is 7.76. The van der Waals surface area contributed by atoms with E-state index in [1.165, 1.54) is 17.7 Å². The molecular weight excluding hydrogens is 310 g/mol. The number of hydrogen-bond donors (Lipinski definition) is 1. The highest BCUT2D eigenvalue weighted by molar-refractivity contribution is 5.48. The molecule has 0 radical (unpaired) electrons. The molecule has 3 atom stereocenters. The summed E-state index contributed by atoms with van der Waals surface area (Å²) in [5.74, 6) is 0.239. The molecular formula is C21H31N3O. The van der Waals surface area contributed by atoms with Gasteiger partial charge in [-0.05, 0) is 50.8 Å². The highest BCUT2D eigenvalue weighted by Crippen LogP contribution is 2.49. The Kier molecular flexibility index (Phi) is 5.66. The minimum Gasteiger partial charge on any atom is -0.389 e. The zero-order chi connectivity index (χ0) is 17.9. The van der Waals surface area contributed by atoms with E-state index in [1.807, 2.05) is 0 Å². The maximum Gasteiger partial charge on any atom is 0.0871 e.